The number of benzene rings is 2. The number of carbonyl (C=O) groups is 2. The van der Waals surface area contributed by atoms with Crippen molar-refractivity contribution in [2.24, 2.45) is 0 Å². The van der Waals surface area contributed by atoms with E-state index in [0.717, 1.165) is 0 Å². The van der Waals surface area contributed by atoms with E-state index in [2.05, 4.69) is 20.6 Å². The molecule has 0 saturated carbocycles. The monoisotopic (exact) mass is 394 g/mol. The number of rotatable bonds is 5. The summed E-state index contributed by atoms with van der Waals surface area (Å²) in [6.07, 6.45) is 3.10. The van der Waals surface area contributed by atoms with Crippen LogP contribution in [-0.2, 0) is 0 Å². The third kappa shape index (κ3) is 4.56. The van der Waals surface area contributed by atoms with Crippen LogP contribution in [0.1, 0.15) is 20.7 Å². The van der Waals surface area contributed by atoms with E-state index in [9.17, 15) is 9.59 Å². The molecule has 0 fully saturated rings. The molecule has 0 spiro atoms. The van der Waals surface area contributed by atoms with Crippen molar-refractivity contribution in [2.45, 2.75) is 0 Å². The topological polar surface area (TPSA) is 84.0 Å². The molecule has 0 aliphatic carbocycles. The van der Waals surface area contributed by atoms with Crippen LogP contribution in [0, 0.1) is 0 Å². The molecule has 0 aliphatic heterocycles. The molecule has 6 nitrogen and oxygen atoms in total. The van der Waals surface area contributed by atoms with Crippen LogP contribution in [0.2, 0.25) is 0 Å². The van der Waals surface area contributed by atoms with Gasteiger partial charge >= 0.3 is 0 Å². The normalized spacial score (nSPS) is 10.3. The lowest BCUT2D eigenvalue weighted by Crippen LogP contribution is -2.13. The van der Waals surface area contributed by atoms with E-state index in [1.807, 2.05) is 60.7 Å². The number of aromatic nitrogens is 2. The molecular weight excluding hydrogens is 376 g/mol. The van der Waals surface area contributed by atoms with Crippen LogP contribution >= 0.6 is 0 Å². The van der Waals surface area contributed by atoms with Crippen molar-refractivity contribution in [3.63, 3.8) is 0 Å². The van der Waals surface area contributed by atoms with Gasteiger partial charge in [-0.15, -0.1) is 0 Å². The first kappa shape index (κ1) is 19.0. The molecule has 0 unspecified atom stereocenters. The lowest BCUT2D eigenvalue weighted by molar-refractivity contribution is 0.101. The molecule has 4 aromatic rings. The van der Waals surface area contributed by atoms with Gasteiger partial charge in [-0.05, 0) is 48.5 Å². The molecule has 0 radical (unpaired) electrons. The van der Waals surface area contributed by atoms with Gasteiger partial charge in [-0.1, -0.05) is 36.4 Å². The van der Waals surface area contributed by atoms with E-state index >= 15 is 0 Å². The van der Waals surface area contributed by atoms with Crippen molar-refractivity contribution in [3.8, 4) is 11.4 Å². The van der Waals surface area contributed by atoms with Crippen LogP contribution in [0.4, 0.5) is 11.4 Å². The van der Waals surface area contributed by atoms with E-state index in [0.29, 0.717) is 33.9 Å². The molecule has 2 N–H and O–H groups in total. The second-order valence-electron chi connectivity index (χ2n) is 6.50. The van der Waals surface area contributed by atoms with Crippen molar-refractivity contribution in [1.29, 1.82) is 0 Å². The van der Waals surface area contributed by atoms with E-state index in [1.54, 1.807) is 36.7 Å². The van der Waals surface area contributed by atoms with Crippen LogP contribution in [-0.4, -0.2) is 21.8 Å². The number of anilines is 2. The van der Waals surface area contributed by atoms with Crippen LogP contribution in [0.25, 0.3) is 11.4 Å². The van der Waals surface area contributed by atoms with Gasteiger partial charge in [0.1, 0.15) is 0 Å². The number of pyridine rings is 2. The Kier molecular flexibility index (Phi) is 5.57. The number of amides is 2. The van der Waals surface area contributed by atoms with Crippen molar-refractivity contribution in [3.05, 3.63) is 108 Å². The summed E-state index contributed by atoms with van der Waals surface area (Å²) in [7, 11) is 0. The summed E-state index contributed by atoms with van der Waals surface area (Å²) >= 11 is 0. The molecule has 2 amide bonds. The maximum absolute atomic E-state index is 12.6. The highest BCUT2D eigenvalue weighted by Crippen LogP contribution is 2.19. The quantitative estimate of drug-likeness (QED) is 0.516. The maximum atomic E-state index is 12.6. The molecule has 6 heteroatoms. The third-order valence-electron chi connectivity index (χ3n) is 4.37. The van der Waals surface area contributed by atoms with Crippen molar-refractivity contribution >= 4 is 23.2 Å². The Morgan fingerprint density at radius 3 is 1.37 bits per heavy atom. The zero-order valence-corrected chi connectivity index (χ0v) is 15.9. The number of nitrogens with zero attached hydrogens (tertiary/aromatic N) is 2. The molecule has 2 aromatic carbocycles. The van der Waals surface area contributed by atoms with E-state index in [1.165, 1.54) is 0 Å². The minimum Gasteiger partial charge on any atom is -0.322 e. The number of hydrogen-bond donors (Lipinski definition) is 2. The average molecular weight is 394 g/mol. The fraction of sp³-hybridized carbons (Fsp3) is 0. The van der Waals surface area contributed by atoms with Gasteiger partial charge in [-0.3, -0.25) is 19.6 Å². The highest BCUT2D eigenvalue weighted by atomic mass is 16.2. The van der Waals surface area contributed by atoms with Crippen LogP contribution in [0.15, 0.2) is 97.3 Å². The molecule has 0 atom stereocenters. The molecule has 0 saturated heterocycles. The fourth-order valence-corrected chi connectivity index (χ4v) is 2.87. The Bertz CT molecular complexity index is 1080. The Morgan fingerprint density at radius 1 is 0.567 bits per heavy atom. The molecule has 0 bridgehead atoms. The zero-order valence-electron chi connectivity index (χ0n) is 15.9. The van der Waals surface area contributed by atoms with Gasteiger partial charge in [0.15, 0.2) is 0 Å². The first-order valence-corrected chi connectivity index (χ1v) is 9.34. The van der Waals surface area contributed by atoms with Crippen molar-refractivity contribution in [2.75, 3.05) is 10.6 Å². The van der Waals surface area contributed by atoms with Crippen molar-refractivity contribution in [1.82, 2.24) is 9.97 Å². The molecule has 30 heavy (non-hydrogen) atoms. The highest BCUT2D eigenvalue weighted by Gasteiger charge is 2.12. The predicted octanol–water partition coefficient (Wildman–Crippen LogP) is 4.65. The van der Waals surface area contributed by atoms with E-state index in [-0.39, 0.29) is 11.8 Å². The minimum atomic E-state index is -0.247. The van der Waals surface area contributed by atoms with Crippen LogP contribution in [0.5, 0.6) is 0 Å². The largest absolute Gasteiger partial charge is 0.322 e. The van der Waals surface area contributed by atoms with Gasteiger partial charge in [0.25, 0.3) is 11.8 Å². The summed E-state index contributed by atoms with van der Waals surface area (Å²) in [6.45, 7) is 0. The SMILES string of the molecule is O=C(Nc1ccccc1)c1ccnc(-c2cc(C(=O)Nc3ccccc3)ccn2)c1. The Labute approximate surface area is 173 Å². The first-order valence-electron chi connectivity index (χ1n) is 9.34. The summed E-state index contributed by atoms with van der Waals surface area (Å²) in [5, 5.41) is 5.69. The van der Waals surface area contributed by atoms with Crippen LogP contribution < -0.4 is 10.6 Å². The predicted molar refractivity (Wildman–Crippen MR) is 116 cm³/mol. The summed E-state index contributed by atoms with van der Waals surface area (Å²) in [5.74, 6) is -0.495. The summed E-state index contributed by atoms with van der Waals surface area (Å²) < 4.78 is 0. The lowest BCUT2D eigenvalue weighted by atomic mass is 10.1. The Hall–Kier alpha value is -4.32. The first-order chi connectivity index (χ1) is 14.7. The molecular formula is C24H18N4O2. The maximum Gasteiger partial charge on any atom is 0.255 e. The molecule has 0 aliphatic rings. The van der Waals surface area contributed by atoms with Crippen molar-refractivity contribution < 1.29 is 9.59 Å². The smallest absolute Gasteiger partial charge is 0.255 e. The summed E-state index contributed by atoms with van der Waals surface area (Å²) in [6, 6.07) is 25.0. The third-order valence-corrected chi connectivity index (χ3v) is 4.37. The molecule has 146 valence electrons. The number of carbonyl (C=O) groups excluding carboxylic acids is 2. The lowest BCUT2D eigenvalue weighted by Gasteiger charge is -2.08. The summed E-state index contributed by atoms with van der Waals surface area (Å²) in [5.41, 5.74) is 3.32. The van der Waals surface area contributed by atoms with Gasteiger partial charge in [0, 0.05) is 34.9 Å². The highest BCUT2D eigenvalue weighted by molar-refractivity contribution is 6.05. The van der Waals surface area contributed by atoms with Gasteiger partial charge < -0.3 is 10.6 Å². The van der Waals surface area contributed by atoms with Gasteiger partial charge in [0.2, 0.25) is 0 Å². The standard InChI is InChI=1S/C24H18N4O2/c29-23(27-19-7-3-1-4-8-19)17-11-13-25-21(15-17)22-16-18(12-14-26-22)24(30)28-20-9-5-2-6-10-20/h1-16H,(H,27,29)(H,28,30). The number of hydrogen-bond acceptors (Lipinski definition) is 4. The second-order valence-corrected chi connectivity index (χ2v) is 6.50. The number of para-hydroxylation sites is 2. The Morgan fingerprint density at radius 2 is 0.967 bits per heavy atom. The van der Waals surface area contributed by atoms with E-state index in [4.69, 9.17) is 0 Å². The minimum absolute atomic E-state index is 0.247. The summed E-state index contributed by atoms with van der Waals surface area (Å²) in [4.78, 5) is 33.7. The zero-order chi connectivity index (χ0) is 20.8. The fourth-order valence-electron chi connectivity index (χ4n) is 2.87. The van der Waals surface area contributed by atoms with Gasteiger partial charge in [-0.2, -0.15) is 0 Å². The van der Waals surface area contributed by atoms with Gasteiger partial charge in [0.05, 0.1) is 11.4 Å². The Balaban J connectivity index is 1.54. The second kappa shape index (κ2) is 8.79. The molecule has 4 rings (SSSR count). The molecule has 2 aromatic heterocycles. The van der Waals surface area contributed by atoms with Gasteiger partial charge in [-0.25, -0.2) is 0 Å². The van der Waals surface area contributed by atoms with E-state index < -0.39 is 0 Å². The molecule has 2 heterocycles. The van der Waals surface area contributed by atoms with Crippen LogP contribution in [0.3, 0.4) is 0 Å². The number of nitrogens with one attached hydrogen (secondary N) is 2. The average Bonchev–Trinajstić information content (AvgIpc) is 2.80.